The zero-order valence-electron chi connectivity index (χ0n) is 22.3. The second kappa shape index (κ2) is 12.1. The van der Waals surface area contributed by atoms with Crippen molar-refractivity contribution in [1.29, 1.82) is 0 Å². The van der Waals surface area contributed by atoms with E-state index in [9.17, 15) is 14.4 Å². The van der Waals surface area contributed by atoms with Crippen LogP contribution in [0.15, 0.2) is 42.5 Å². The van der Waals surface area contributed by atoms with E-state index >= 15 is 0 Å². The fourth-order valence-corrected chi connectivity index (χ4v) is 6.04. The maximum atomic E-state index is 12.2. The van der Waals surface area contributed by atoms with Crippen LogP contribution in [0.3, 0.4) is 0 Å². The molecular formula is C31H38N2O5. The van der Waals surface area contributed by atoms with E-state index in [1.54, 1.807) is 0 Å². The second-order valence-electron chi connectivity index (χ2n) is 10.7. The van der Waals surface area contributed by atoms with E-state index < -0.39 is 0 Å². The number of nitrogens with zero attached hydrogens (tertiary/aromatic N) is 2. The van der Waals surface area contributed by atoms with E-state index in [0.717, 1.165) is 67.9 Å². The lowest BCUT2D eigenvalue weighted by molar-refractivity contribution is -0.138. The molecule has 2 aromatic rings. The van der Waals surface area contributed by atoms with Crippen LogP contribution < -0.4 is 9.47 Å². The Bertz CT molecular complexity index is 1150. The molecule has 7 nitrogen and oxygen atoms in total. The van der Waals surface area contributed by atoms with Crippen molar-refractivity contribution in [3.63, 3.8) is 0 Å². The van der Waals surface area contributed by atoms with Crippen molar-refractivity contribution in [1.82, 2.24) is 9.80 Å². The summed E-state index contributed by atoms with van der Waals surface area (Å²) in [6.45, 7) is 6.69. The molecule has 0 bridgehead atoms. The largest absolute Gasteiger partial charge is 0.493 e. The normalized spacial score (nSPS) is 22.0. The van der Waals surface area contributed by atoms with Gasteiger partial charge in [0.15, 0.2) is 5.78 Å². The quantitative estimate of drug-likeness (QED) is 0.427. The molecule has 5 rings (SSSR count). The van der Waals surface area contributed by atoms with E-state index in [1.165, 1.54) is 10.5 Å². The SMILES string of the molecule is CCCN1CC[C@H](COc2ccc3c(c2)C(=O)CC3)[C@@H](c2ccc(OCCN3C(=O)CCC3=O)cc2)CC1. The van der Waals surface area contributed by atoms with Crippen molar-refractivity contribution in [3.05, 3.63) is 59.2 Å². The standard InChI is InChI=1S/C31H38N2O5/c1-2-15-32-16-13-24(21-38-26-9-5-23-6-10-29(34)28(23)20-26)27(14-17-32)22-3-7-25(8-4-22)37-19-18-33-30(35)11-12-31(33)36/h3-5,7-9,20,24,27H,2,6,10-19,21H2,1H3/t24-,27-/m1/s1. The molecule has 0 spiro atoms. The molecule has 2 aliphatic heterocycles. The minimum atomic E-state index is -0.112. The van der Waals surface area contributed by atoms with Gasteiger partial charge in [0, 0.05) is 30.7 Å². The van der Waals surface area contributed by atoms with Crippen LogP contribution in [-0.4, -0.2) is 66.8 Å². The number of imide groups is 1. The van der Waals surface area contributed by atoms with E-state index in [4.69, 9.17) is 9.47 Å². The Kier molecular flexibility index (Phi) is 8.42. The van der Waals surface area contributed by atoms with Crippen LogP contribution in [0.2, 0.25) is 0 Å². The van der Waals surface area contributed by atoms with Crippen molar-refractivity contribution < 1.29 is 23.9 Å². The molecule has 2 amide bonds. The molecule has 0 radical (unpaired) electrons. The molecule has 3 aliphatic rings. The number of amides is 2. The number of carbonyl (C=O) groups is 3. The first kappa shape index (κ1) is 26.4. The van der Waals surface area contributed by atoms with Gasteiger partial charge in [0.05, 0.1) is 13.2 Å². The average molecular weight is 519 g/mol. The Hall–Kier alpha value is -3.19. The summed E-state index contributed by atoms with van der Waals surface area (Å²) in [5.74, 6) is 2.24. The molecule has 202 valence electrons. The topological polar surface area (TPSA) is 76.2 Å². The van der Waals surface area contributed by atoms with Crippen LogP contribution >= 0.6 is 0 Å². The highest BCUT2D eigenvalue weighted by Crippen LogP contribution is 2.35. The second-order valence-corrected chi connectivity index (χ2v) is 10.7. The zero-order valence-corrected chi connectivity index (χ0v) is 22.3. The molecule has 2 fully saturated rings. The lowest BCUT2D eigenvalue weighted by atomic mass is 9.83. The number of benzene rings is 2. The molecule has 0 saturated carbocycles. The highest BCUT2D eigenvalue weighted by molar-refractivity contribution is 6.02. The molecule has 7 heteroatoms. The summed E-state index contributed by atoms with van der Waals surface area (Å²) in [4.78, 5) is 39.6. The van der Waals surface area contributed by atoms with Crippen molar-refractivity contribution >= 4 is 17.6 Å². The predicted octanol–water partition coefficient (Wildman–Crippen LogP) is 4.63. The summed E-state index contributed by atoms with van der Waals surface area (Å²) in [5.41, 5.74) is 3.23. The van der Waals surface area contributed by atoms with Gasteiger partial charge in [-0.1, -0.05) is 25.1 Å². The maximum Gasteiger partial charge on any atom is 0.229 e. The molecule has 38 heavy (non-hydrogen) atoms. The van der Waals surface area contributed by atoms with Crippen molar-refractivity contribution in [2.24, 2.45) is 5.92 Å². The molecular weight excluding hydrogens is 480 g/mol. The number of likely N-dealkylation sites (tertiary alicyclic amines) is 2. The van der Waals surface area contributed by atoms with Gasteiger partial charge in [0.1, 0.15) is 18.1 Å². The Morgan fingerprint density at radius 2 is 1.55 bits per heavy atom. The van der Waals surface area contributed by atoms with Crippen LogP contribution in [0.5, 0.6) is 11.5 Å². The van der Waals surface area contributed by atoms with Crippen LogP contribution in [-0.2, 0) is 16.0 Å². The monoisotopic (exact) mass is 518 g/mol. The van der Waals surface area contributed by atoms with Crippen molar-refractivity contribution in [2.75, 3.05) is 39.4 Å². The Morgan fingerprint density at radius 3 is 2.32 bits per heavy atom. The van der Waals surface area contributed by atoms with Crippen LogP contribution in [0.1, 0.15) is 72.9 Å². The Balaban J connectivity index is 1.23. The van der Waals surface area contributed by atoms with Gasteiger partial charge in [0.2, 0.25) is 11.8 Å². The van der Waals surface area contributed by atoms with E-state index in [-0.39, 0.29) is 17.6 Å². The number of rotatable bonds is 10. The predicted molar refractivity (Wildman–Crippen MR) is 145 cm³/mol. The maximum absolute atomic E-state index is 12.2. The van der Waals surface area contributed by atoms with Gasteiger partial charge in [-0.2, -0.15) is 0 Å². The molecule has 0 aromatic heterocycles. The number of carbonyl (C=O) groups excluding carboxylic acids is 3. The molecule has 0 unspecified atom stereocenters. The summed E-state index contributed by atoms with van der Waals surface area (Å²) in [6, 6.07) is 14.2. The number of hydrogen-bond donors (Lipinski definition) is 0. The molecule has 1 aliphatic carbocycles. The summed E-state index contributed by atoms with van der Waals surface area (Å²) in [6.07, 6.45) is 5.32. The number of aryl methyl sites for hydroxylation is 1. The molecule has 2 atom stereocenters. The summed E-state index contributed by atoms with van der Waals surface area (Å²) in [7, 11) is 0. The van der Waals surface area contributed by atoms with Gasteiger partial charge in [-0.15, -0.1) is 0 Å². The zero-order chi connectivity index (χ0) is 26.5. The molecule has 0 N–H and O–H groups in total. The summed E-state index contributed by atoms with van der Waals surface area (Å²) >= 11 is 0. The van der Waals surface area contributed by atoms with Gasteiger partial charge >= 0.3 is 0 Å². The van der Waals surface area contributed by atoms with E-state index in [1.807, 2.05) is 30.3 Å². The third-order valence-corrected chi connectivity index (χ3v) is 8.20. The average Bonchev–Trinajstić information content (AvgIpc) is 3.37. The number of hydrogen-bond acceptors (Lipinski definition) is 6. The van der Waals surface area contributed by atoms with Gasteiger partial charge in [-0.25, -0.2) is 0 Å². The van der Waals surface area contributed by atoms with E-state index in [2.05, 4.69) is 24.0 Å². The Morgan fingerprint density at radius 1 is 0.816 bits per heavy atom. The number of ketones is 1. The highest BCUT2D eigenvalue weighted by Gasteiger charge is 2.30. The fraction of sp³-hybridized carbons (Fsp3) is 0.516. The minimum absolute atomic E-state index is 0.112. The minimum Gasteiger partial charge on any atom is -0.493 e. The van der Waals surface area contributed by atoms with Gasteiger partial charge in [0.25, 0.3) is 0 Å². The van der Waals surface area contributed by atoms with E-state index in [0.29, 0.717) is 50.9 Å². The summed E-state index contributed by atoms with van der Waals surface area (Å²) in [5, 5.41) is 0. The van der Waals surface area contributed by atoms with Gasteiger partial charge in [-0.05, 0) is 86.6 Å². The first-order chi connectivity index (χ1) is 18.5. The smallest absolute Gasteiger partial charge is 0.229 e. The summed E-state index contributed by atoms with van der Waals surface area (Å²) < 4.78 is 12.2. The number of Topliss-reactive ketones (excluding diaryl/α,β-unsaturated/α-hetero) is 1. The highest BCUT2D eigenvalue weighted by atomic mass is 16.5. The first-order valence-electron chi connectivity index (χ1n) is 14.1. The van der Waals surface area contributed by atoms with Crippen LogP contribution in [0.25, 0.3) is 0 Å². The van der Waals surface area contributed by atoms with Crippen molar-refractivity contribution in [2.45, 2.75) is 57.8 Å². The molecule has 2 heterocycles. The lowest BCUT2D eigenvalue weighted by Gasteiger charge is -2.26. The third kappa shape index (κ3) is 6.09. The molecule has 2 aromatic carbocycles. The fourth-order valence-electron chi connectivity index (χ4n) is 6.04. The van der Waals surface area contributed by atoms with Crippen LogP contribution in [0.4, 0.5) is 0 Å². The van der Waals surface area contributed by atoms with Crippen LogP contribution in [0, 0.1) is 5.92 Å². The Labute approximate surface area is 225 Å². The first-order valence-corrected chi connectivity index (χ1v) is 14.1. The van der Waals surface area contributed by atoms with Gasteiger partial charge in [-0.3, -0.25) is 19.3 Å². The number of ether oxygens (including phenoxy) is 2. The lowest BCUT2D eigenvalue weighted by Crippen LogP contribution is -2.33. The van der Waals surface area contributed by atoms with Gasteiger partial charge < -0.3 is 14.4 Å². The van der Waals surface area contributed by atoms with Crippen molar-refractivity contribution in [3.8, 4) is 11.5 Å². The third-order valence-electron chi connectivity index (χ3n) is 8.20. The molecule has 2 saturated heterocycles. The number of fused-ring (bicyclic) bond motifs is 1.